The molecule has 2 atom stereocenters. The number of benzene rings is 2. The van der Waals surface area contributed by atoms with E-state index < -0.39 is 23.8 Å². The predicted octanol–water partition coefficient (Wildman–Crippen LogP) is 6.39. The first kappa shape index (κ1) is 31.9. The van der Waals surface area contributed by atoms with Crippen LogP contribution in [-0.4, -0.2) is 41.0 Å². The average Bonchev–Trinajstić information content (AvgIpc) is 2.88. The zero-order valence-corrected chi connectivity index (χ0v) is 24.5. The minimum absolute atomic E-state index is 0.137. The first-order valence-corrected chi connectivity index (χ1v) is 14.2. The van der Waals surface area contributed by atoms with Gasteiger partial charge in [0.05, 0.1) is 0 Å². The summed E-state index contributed by atoms with van der Waals surface area (Å²) in [6.07, 6.45) is 3.60. The number of alkyl carbamates (subject to hydrolysis) is 1. The van der Waals surface area contributed by atoms with Gasteiger partial charge in [0.15, 0.2) is 0 Å². The number of carbonyl (C=O) groups excluding carboxylic acids is 3. The molecule has 2 aromatic carbocycles. The largest absolute Gasteiger partial charge is 0.444 e. The Morgan fingerprint density at radius 3 is 2.08 bits per heavy atom. The zero-order valence-electron chi connectivity index (χ0n) is 24.5. The number of nitrogens with one attached hydrogen (secondary N) is 2. The highest BCUT2D eigenvalue weighted by Gasteiger charge is 2.36. The van der Waals surface area contributed by atoms with E-state index in [4.69, 9.17) is 4.74 Å². The highest BCUT2D eigenvalue weighted by atomic mass is 16.6. The van der Waals surface area contributed by atoms with Crippen molar-refractivity contribution in [1.29, 1.82) is 0 Å². The number of hydrogen-bond donors (Lipinski definition) is 2. The van der Waals surface area contributed by atoms with Crippen molar-refractivity contribution in [3.05, 3.63) is 71.8 Å². The van der Waals surface area contributed by atoms with E-state index in [1.807, 2.05) is 74.5 Å². The number of amides is 3. The Labute approximate surface area is 234 Å². The fourth-order valence-electron chi connectivity index (χ4n) is 4.41. The van der Waals surface area contributed by atoms with Crippen LogP contribution >= 0.6 is 0 Å². The summed E-state index contributed by atoms with van der Waals surface area (Å²) in [6.45, 7) is 12.3. The van der Waals surface area contributed by atoms with Gasteiger partial charge in [-0.15, -0.1) is 0 Å². The van der Waals surface area contributed by atoms with Crippen LogP contribution in [0.2, 0.25) is 0 Å². The topological polar surface area (TPSA) is 87.7 Å². The summed E-state index contributed by atoms with van der Waals surface area (Å²) in [4.78, 5) is 42.4. The standard InChI is InChI=1S/C32H47N3O4/c1-7-8-9-16-21-35(30(37)27(22-24(2)3)34-31(38)39-32(4,5)6)28(26-19-14-11-15-20-26)29(36)33-23-25-17-12-10-13-18-25/h10-15,17-20,24,27-28H,7-9,16,21-23H2,1-6H3,(H,33,36)(H,34,38). The summed E-state index contributed by atoms with van der Waals surface area (Å²) in [5, 5.41) is 5.85. The molecule has 214 valence electrons. The van der Waals surface area contributed by atoms with Crippen molar-refractivity contribution < 1.29 is 19.1 Å². The number of unbranched alkanes of at least 4 members (excludes halogenated alkanes) is 3. The molecule has 0 aliphatic carbocycles. The maximum Gasteiger partial charge on any atom is 0.408 e. The van der Waals surface area contributed by atoms with Crippen molar-refractivity contribution in [2.45, 2.75) is 97.9 Å². The molecule has 0 bridgehead atoms. The lowest BCUT2D eigenvalue weighted by Crippen LogP contribution is -2.53. The molecule has 7 nitrogen and oxygen atoms in total. The first-order valence-electron chi connectivity index (χ1n) is 14.2. The average molecular weight is 538 g/mol. The van der Waals surface area contributed by atoms with E-state index in [1.54, 1.807) is 25.7 Å². The van der Waals surface area contributed by atoms with Crippen LogP contribution in [0.5, 0.6) is 0 Å². The van der Waals surface area contributed by atoms with Gasteiger partial charge in [-0.3, -0.25) is 9.59 Å². The number of hydrogen-bond acceptors (Lipinski definition) is 4. The molecule has 0 heterocycles. The highest BCUT2D eigenvalue weighted by Crippen LogP contribution is 2.25. The van der Waals surface area contributed by atoms with Crippen LogP contribution in [-0.2, 0) is 20.9 Å². The highest BCUT2D eigenvalue weighted by molar-refractivity contribution is 5.92. The minimum Gasteiger partial charge on any atom is -0.444 e. The van der Waals surface area contributed by atoms with Gasteiger partial charge >= 0.3 is 6.09 Å². The molecule has 0 aliphatic rings. The fourth-order valence-corrected chi connectivity index (χ4v) is 4.41. The summed E-state index contributed by atoms with van der Waals surface area (Å²) in [6, 6.07) is 17.4. The molecular formula is C32H47N3O4. The van der Waals surface area contributed by atoms with Crippen molar-refractivity contribution in [2.24, 2.45) is 5.92 Å². The molecular weight excluding hydrogens is 490 g/mol. The second kappa shape index (κ2) is 15.9. The Kier molecular flexibility index (Phi) is 13.0. The van der Waals surface area contributed by atoms with Crippen molar-refractivity contribution in [3.63, 3.8) is 0 Å². The van der Waals surface area contributed by atoms with E-state index in [2.05, 4.69) is 17.6 Å². The first-order chi connectivity index (χ1) is 18.5. The summed E-state index contributed by atoms with van der Waals surface area (Å²) in [5.74, 6) is -0.401. The Morgan fingerprint density at radius 2 is 1.51 bits per heavy atom. The van der Waals surface area contributed by atoms with Gasteiger partial charge in [-0.05, 0) is 50.7 Å². The van der Waals surface area contributed by atoms with Crippen LogP contribution < -0.4 is 10.6 Å². The normalized spacial score (nSPS) is 12.9. The second-order valence-corrected chi connectivity index (χ2v) is 11.4. The number of rotatable bonds is 14. The van der Waals surface area contributed by atoms with Crippen LogP contribution in [0, 0.1) is 5.92 Å². The van der Waals surface area contributed by atoms with Gasteiger partial charge in [0.25, 0.3) is 0 Å². The van der Waals surface area contributed by atoms with E-state index in [1.165, 1.54) is 0 Å². The van der Waals surface area contributed by atoms with Gasteiger partial charge in [-0.25, -0.2) is 4.79 Å². The quantitative estimate of drug-likeness (QED) is 0.273. The van der Waals surface area contributed by atoms with Gasteiger partial charge in [0.1, 0.15) is 17.7 Å². The van der Waals surface area contributed by atoms with Crippen molar-refractivity contribution in [1.82, 2.24) is 15.5 Å². The summed E-state index contributed by atoms with van der Waals surface area (Å²) < 4.78 is 5.47. The lowest BCUT2D eigenvalue weighted by molar-refractivity contribution is -0.143. The number of ether oxygens (including phenoxy) is 1. The Bertz CT molecular complexity index is 1020. The molecule has 0 saturated heterocycles. The molecule has 2 N–H and O–H groups in total. The lowest BCUT2D eigenvalue weighted by atomic mass is 9.98. The Morgan fingerprint density at radius 1 is 0.897 bits per heavy atom. The molecule has 0 radical (unpaired) electrons. The maximum atomic E-state index is 14.2. The summed E-state index contributed by atoms with van der Waals surface area (Å²) in [5.41, 5.74) is 1.01. The maximum absolute atomic E-state index is 14.2. The summed E-state index contributed by atoms with van der Waals surface area (Å²) >= 11 is 0. The smallest absolute Gasteiger partial charge is 0.408 e. The van der Waals surface area contributed by atoms with E-state index >= 15 is 0 Å². The Hall–Kier alpha value is -3.35. The van der Waals surface area contributed by atoms with Crippen LogP contribution in [0.4, 0.5) is 4.79 Å². The second-order valence-electron chi connectivity index (χ2n) is 11.4. The molecule has 0 aliphatic heterocycles. The van der Waals surface area contributed by atoms with Gasteiger partial charge in [-0.2, -0.15) is 0 Å². The monoisotopic (exact) mass is 537 g/mol. The molecule has 0 saturated carbocycles. The van der Waals surface area contributed by atoms with E-state index in [0.29, 0.717) is 19.5 Å². The van der Waals surface area contributed by atoms with Crippen molar-refractivity contribution in [2.75, 3.05) is 6.54 Å². The lowest BCUT2D eigenvalue weighted by Gasteiger charge is -2.35. The van der Waals surface area contributed by atoms with E-state index in [-0.39, 0.29) is 17.7 Å². The zero-order chi connectivity index (χ0) is 28.8. The predicted molar refractivity (Wildman–Crippen MR) is 156 cm³/mol. The number of carbonyl (C=O) groups is 3. The molecule has 0 spiro atoms. The summed E-state index contributed by atoms with van der Waals surface area (Å²) in [7, 11) is 0. The van der Waals surface area contributed by atoms with E-state index in [9.17, 15) is 14.4 Å². The van der Waals surface area contributed by atoms with Crippen LogP contribution in [0.25, 0.3) is 0 Å². The van der Waals surface area contributed by atoms with Gasteiger partial charge < -0.3 is 20.3 Å². The Balaban J connectivity index is 2.42. The molecule has 0 aromatic heterocycles. The molecule has 2 aromatic rings. The number of nitrogens with zero attached hydrogens (tertiary/aromatic N) is 1. The molecule has 39 heavy (non-hydrogen) atoms. The fraction of sp³-hybridized carbons (Fsp3) is 0.531. The molecule has 2 rings (SSSR count). The third-order valence-corrected chi connectivity index (χ3v) is 6.22. The van der Waals surface area contributed by atoms with Crippen molar-refractivity contribution >= 4 is 17.9 Å². The van der Waals surface area contributed by atoms with Gasteiger partial charge in [0.2, 0.25) is 11.8 Å². The van der Waals surface area contributed by atoms with Gasteiger partial charge in [0, 0.05) is 13.1 Å². The van der Waals surface area contributed by atoms with Crippen LogP contribution in [0.3, 0.4) is 0 Å². The van der Waals surface area contributed by atoms with Crippen LogP contribution in [0.1, 0.15) is 90.8 Å². The van der Waals surface area contributed by atoms with Crippen molar-refractivity contribution in [3.8, 4) is 0 Å². The SMILES string of the molecule is CCCCCCN(C(=O)C(CC(C)C)NC(=O)OC(C)(C)C)C(C(=O)NCc1ccccc1)c1ccccc1. The molecule has 0 fully saturated rings. The minimum atomic E-state index is -0.834. The molecule has 2 unspecified atom stereocenters. The van der Waals surface area contributed by atoms with Gasteiger partial charge in [-0.1, -0.05) is 101 Å². The molecule has 3 amide bonds. The van der Waals surface area contributed by atoms with Crippen LogP contribution in [0.15, 0.2) is 60.7 Å². The van der Waals surface area contributed by atoms with E-state index in [0.717, 1.165) is 36.8 Å². The third kappa shape index (κ3) is 11.5. The third-order valence-electron chi connectivity index (χ3n) is 6.22. The molecule has 7 heteroatoms.